The van der Waals surface area contributed by atoms with E-state index in [9.17, 15) is 4.79 Å². The van der Waals surface area contributed by atoms with Crippen LogP contribution >= 0.6 is 11.5 Å². The number of carbonyl (C=O) groups is 1. The van der Waals surface area contributed by atoms with Crippen molar-refractivity contribution in [3.05, 3.63) is 59.3 Å². The molecule has 0 aliphatic rings. The zero-order valence-corrected chi connectivity index (χ0v) is 18.2. The summed E-state index contributed by atoms with van der Waals surface area (Å²) in [6, 6.07) is 12.8. The lowest BCUT2D eigenvalue weighted by Crippen LogP contribution is -2.12. The van der Waals surface area contributed by atoms with Gasteiger partial charge >= 0.3 is 0 Å². The van der Waals surface area contributed by atoms with E-state index in [1.165, 1.54) is 7.11 Å². The van der Waals surface area contributed by atoms with Gasteiger partial charge in [-0.25, -0.2) is 4.68 Å². The molecule has 0 saturated carbocycles. The van der Waals surface area contributed by atoms with Gasteiger partial charge in [0.15, 0.2) is 11.5 Å². The number of ether oxygens (including phenoxy) is 2. The van der Waals surface area contributed by atoms with Crippen LogP contribution in [0.1, 0.15) is 21.6 Å². The van der Waals surface area contributed by atoms with Gasteiger partial charge in [-0.3, -0.25) is 10.1 Å². The van der Waals surface area contributed by atoms with Crippen LogP contribution in [0.4, 0.5) is 5.13 Å². The molecule has 1 N–H and O–H groups in total. The summed E-state index contributed by atoms with van der Waals surface area (Å²) in [4.78, 5) is 17.0. The maximum Gasteiger partial charge on any atom is 0.261 e. The largest absolute Gasteiger partial charge is 0.496 e. The number of aromatic nitrogens is 5. The number of nitrogens with one attached hydrogen (secondary N) is 1. The van der Waals surface area contributed by atoms with E-state index in [2.05, 4.69) is 25.0 Å². The summed E-state index contributed by atoms with van der Waals surface area (Å²) < 4.78 is 16.7. The maximum absolute atomic E-state index is 12.6. The molecule has 0 radical (unpaired) electrons. The molecule has 0 atom stereocenters. The number of carbonyl (C=O) groups excluding carboxylic acids is 1. The van der Waals surface area contributed by atoms with Gasteiger partial charge in [0.25, 0.3) is 5.91 Å². The van der Waals surface area contributed by atoms with E-state index < -0.39 is 0 Å². The van der Waals surface area contributed by atoms with Gasteiger partial charge in [-0.05, 0) is 43.7 Å². The lowest BCUT2D eigenvalue weighted by molar-refractivity contribution is 0.102. The molecule has 9 nitrogen and oxygen atoms in total. The Morgan fingerprint density at radius 1 is 1.06 bits per heavy atom. The van der Waals surface area contributed by atoms with Crippen LogP contribution in [0, 0.1) is 13.8 Å². The van der Waals surface area contributed by atoms with Crippen molar-refractivity contribution in [3.63, 3.8) is 0 Å². The van der Waals surface area contributed by atoms with Gasteiger partial charge in [0.1, 0.15) is 17.2 Å². The Morgan fingerprint density at radius 3 is 2.61 bits per heavy atom. The molecule has 0 aliphatic heterocycles. The smallest absolute Gasteiger partial charge is 0.261 e. The minimum atomic E-state index is -0.329. The molecule has 2 aromatic heterocycles. The summed E-state index contributed by atoms with van der Waals surface area (Å²) in [6.45, 7) is 3.88. The molecular formula is C21H20N6O3S. The molecule has 0 bridgehead atoms. The van der Waals surface area contributed by atoms with Gasteiger partial charge in [0.2, 0.25) is 5.13 Å². The van der Waals surface area contributed by atoms with Crippen LogP contribution in [-0.4, -0.2) is 44.5 Å². The first-order valence-corrected chi connectivity index (χ1v) is 10.1. The quantitative estimate of drug-likeness (QED) is 0.492. The number of methoxy groups -OCH3 is 2. The highest BCUT2D eigenvalue weighted by atomic mass is 32.1. The van der Waals surface area contributed by atoms with E-state index in [0.29, 0.717) is 33.7 Å². The van der Waals surface area contributed by atoms with Crippen LogP contribution < -0.4 is 14.8 Å². The van der Waals surface area contributed by atoms with Gasteiger partial charge < -0.3 is 9.47 Å². The SMILES string of the molecule is COc1ccccc1C(=O)Nc1nc(-c2nnn(-c3cc(C)ccc3OC)c2C)ns1. The molecule has 0 spiro atoms. The fraction of sp³-hybridized carbons (Fsp3) is 0.190. The molecule has 1 amide bonds. The Morgan fingerprint density at radius 2 is 1.84 bits per heavy atom. The minimum Gasteiger partial charge on any atom is -0.496 e. The molecule has 31 heavy (non-hydrogen) atoms. The molecular weight excluding hydrogens is 416 g/mol. The number of hydrogen-bond acceptors (Lipinski definition) is 8. The van der Waals surface area contributed by atoms with Crippen LogP contribution in [0.3, 0.4) is 0 Å². The van der Waals surface area contributed by atoms with Crippen molar-refractivity contribution in [2.75, 3.05) is 19.5 Å². The van der Waals surface area contributed by atoms with Crippen molar-refractivity contribution in [2.45, 2.75) is 13.8 Å². The first-order valence-electron chi connectivity index (χ1n) is 9.37. The molecule has 0 fully saturated rings. The van der Waals surface area contributed by atoms with Crippen LogP contribution in [-0.2, 0) is 0 Å². The summed E-state index contributed by atoms with van der Waals surface area (Å²) >= 11 is 1.07. The third-order valence-electron chi connectivity index (χ3n) is 4.67. The van der Waals surface area contributed by atoms with Crippen LogP contribution in [0.25, 0.3) is 17.2 Å². The Kier molecular flexibility index (Phi) is 5.63. The van der Waals surface area contributed by atoms with Gasteiger partial charge in [0, 0.05) is 11.5 Å². The van der Waals surface area contributed by atoms with E-state index in [4.69, 9.17) is 9.47 Å². The average molecular weight is 436 g/mol. The Labute approximate surface area is 182 Å². The number of nitrogens with zero attached hydrogens (tertiary/aromatic N) is 5. The van der Waals surface area contributed by atoms with Crippen molar-refractivity contribution in [3.8, 4) is 28.7 Å². The van der Waals surface area contributed by atoms with Gasteiger partial charge in [0.05, 0.1) is 25.5 Å². The average Bonchev–Trinajstić information content (AvgIpc) is 3.39. The standard InChI is InChI=1S/C21H20N6O3S/c1-12-9-10-17(30-4)15(11-12)27-13(2)18(24-26-27)19-22-21(31-25-19)23-20(28)14-7-5-6-8-16(14)29-3/h5-11H,1-4H3,(H,22,23,25,28). The molecule has 2 aromatic carbocycles. The molecule has 10 heteroatoms. The lowest BCUT2D eigenvalue weighted by Gasteiger charge is -2.10. The monoisotopic (exact) mass is 436 g/mol. The molecule has 158 valence electrons. The summed E-state index contributed by atoms with van der Waals surface area (Å²) in [5.74, 6) is 1.22. The number of rotatable bonds is 6. The van der Waals surface area contributed by atoms with E-state index in [-0.39, 0.29) is 5.91 Å². The Balaban J connectivity index is 1.61. The van der Waals surface area contributed by atoms with Crippen molar-refractivity contribution < 1.29 is 14.3 Å². The predicted octanol–water partition coefficient (Wildman–Crippen LogP) is 3.67. The lowest BCUT2D eigenvalue weighted by atomic mass is 10.2. The molecule has 4 aromatic rings. The van der Waals surface area contributed by atoms with Crippen molar-refractivity contribution >= 4 is 22.6 Å². The topological polar surface area (TPSA) is 104 Å². The first kappa shape index (κ1) is 20.5. The third kappa shape index (κ3) is 3.97. The fourth-order valence-corrected chi connectivity index (χ4v) is 3.66. The summed E-state index contributed by atoms with van der Waals surface area (Å²) in [6.07, 6.45) is 0. The normalized spacial score (nSPS) is 10.7. The predicted molar refractivity (Wildman–Crippen MR) is 117 cm³/mol. The summed E-state index contributed by atoms with van der Waals surface area (Å²) in [7, 11) is 3.13. The number of anilines is 1. The van der Waals surface area contributed by atoms with Gasteiger partial charge in [-0.1, -0.05) is 23.4 Å². The number of benzene rings is 2. The number of hydrogen-bond donors (Lipinski definition) is 1. The zero-order chi connectivity index (χ0) is 22.0. The van der Waals surface area contributed by atoms with Crippen molar-refractivity contribution in [2.24, 2.45) is 0 Å². The number of para-hydroxylation sites is 1. The third-order valence-corrected chi connectivity index (χ3v) is 5.30. The van der Waals surface area contributed by atoms with Crippen molar-refractivity contribution in [1.29, 1.82) is 0 Å². The second kappa shape index (κ2) is 8.52. The Bertz CT molecular complexity index is 1250. The fourth-order valence-electron chi connectivity index (χ4n) is 3.10. The highest BCUT2D eigenvalue weighted by molar-refractivity contribution is 7.10. The molecule has 0 unspecified atom stereocenters. The second-order valence-corrected chi connectivity index (χ2v) is 7.44. The first-order chi connectivity index (χ1) is 15.0. The number of amides is 1. The molecule has 0 aliphatic carbocycles. The van der Waals surface area contributed by atoms with Crippen LogP contribution in [0.15, 0.2) is 42.5 Å². The van der Waals surface area contributed by atoms with E-state index in [0.717, 1.165) is 28.5 Å². The van der Waals surface area contributed by atoms with Crippen LogP contribution in [0.5, 0.6) is 11.5 Å². The highest BCUT2D eigenvalue weighted by Crippen LogP contribution is 2.29. The minimum absolute atomic E-state index is 0.329. The van der Waals surface area contributed by atoms with E-state index in [1.54, 1.807) is 36.1 Å². The Hall–Kier alpha value is -3.79. The highest BCUT2D eigenvalue weighted by Gasteiger charge is 2.20. The number of aryl methyl sites for hydroxylation is 1. The summed E-state index contributed by atoms with van der Waals surface area (Å²) in [5, 5.41) is 11.6. The zero-order valence-electron chi connectivity index (χ0n) is 17.4. The van der Waals surface area contributed by atoms with E-state index >= 15 is 0 Å². The van der Waals surface area contributed by atoms with Gasteiger partial charge in [-0.15, -0.1) is 5.10 Å². The van der Waals surface area contributed by atoms with Crippen LogP contribution in [0.2, 0.25) is 0 Å². The van der Waals surface area contributed by atoms with Crippen molar-refractivity contribution in [1.82, 2.24) is 24.4 Å². The second-order valence-electron chi connectivity index (χ2n) is 6.69. The summed E-state index contributed by atoms with van der Waals surface area (Å²) in [5.41, 5.74) is 3.54. The molecule has 2 heterocycles. The molecule has 0 saturated heterocycles. The van der Waals surface area contributed by atoms with E-state index in [1.807, 2.05) is 32.0 Å². The van der Waals surface area contributed by atoms with Gasteiger partial charge in [-0.2, -0.15) is 9.36 Å². The molecule has 4 rings (SSSR count). The maximum atomic E-state index is 12.6.